The first-order valence-electron chi connectivity index (χ1n) is 14.9. The van der Waals surface area contributed by atoms with Gasteiger partial charge in [-0.3, -0.25) is 19.4 Å². The molecule has 1 aliphatic carbocycles. The topological polar surface area (TPSA) is 76.6 Å². The van der Waals surface area contributed by atoms with Gasteiger partial charge in [-0.25, -0.2) is 0 Å². The van der Waals surface area contributed by atoms with Gasteiger partial charge in [-0.05, 0) is 24.6 Å². The van der Waals surface area contributed by atoms with Crippen molar-refractivity contribution in [3.8, 4) is 5.75 Å². The zero-order chi connectivity index (χ0) is 30.0. The fourth-order valence-electron chi connectivity index (χ4n) is 7.72. The predicted octanol–water partition coefficient (Wildman–Crippen LogP) is 6.95. The minimum absolute atomic E-state index is 0.172. The summed E-state index contributed by atoms with van der Waals surface area (Å²) in [6.45, 7) is 2.29. The molecule has 1 fully saturated rings. The van der Waals surface area contributed by atoms with Crippen LogP contribution in [-0.2, 0) is 0 Å². The number of Topliss-reactive ketones (excluding diaryl/α,β-unsaturated/α-hetero) is 3. The van der Waals surface area contributed by atoms with Crippen LogP contribution in [0.25, 0.3) is 17.0 Å². The Morgan fingerprint density at radius 1 is 0.841 bits per heavy atom. The van der Waals surface area contributed by atoms with Gasteiger partial charge in [0.2, 0.25) is 0 Å². The highest BCUT2D eigenvalue weighted by atomic mass is 16.5. The molecule has 1 saturated heterocycles. The Kier molecular flexibility index (Phi) is 5.88. The molecule has 8 rings (SSSR count). The summed E-state index contributed by atoms with van der Waals surface area (Å²) in [5, 5.41) is 0.908. The van der Waals surface area contributed by atoms with E-state index in [1.165, 1.54) is 0 Å². The monoisotopic (exact) mass is 576 g/mol. The molecule has 3 heterocycles. The van der Waals surface area contributed by atoms with E-state index in [0.717, 1.165) is 22.2 Å². The summed E-state index contributed by atoms with van der Waals surface area (Å²) in [5.41, 5.74) is 2.67. The van der Waals surface area contributed by atoms with E-state index in [1.807, 2.05) is 90.7 Å². The number of aromatic nitrogens is 1. The Bertz CT molecular complexity index is 2000. The highest BCUT2D eigenvalue weighted by Gasteiger charge is 2.72. The number of ketones is 3. The molecule has 44 heavy (non-hydrogen) atoms. The minimum atomic E-state index is -1.61. The van der Waals surface area contributed by atoms with Crippen molar-refractivity contribution in [1.82, 2.24) is 4.98 Å². The van der Waals surface area contributed by atoms with Crippen molar-refractivity contribution in [2.45, 2.75) is 24.9 Å². The van der Waals surface area contributed by atoms with E-state index in [4.69, 9.17) is 9.72 Å². The van der Waals surface area contributed by atoms with Crippen LogP contribution < -0.4 is 9.64 Å². The molecule has 0 amide bonds. The average molecular weight is 577 g/mol. The van der Waals surface area contributed by atoms with Gasteiger partial charge in [0.15, 0.2) is 17.3 Å². The number of carbonyl (C=O) groups excluding carboxylic acids is 3. The van der Waals surface area contributed by atoms with Gasteiger partial charge in [0.05, 0.1) is 23.9 Å². The van der Waals surface area contributed by atoms with Crippen LogP contribution in [0.3, 0.4) is 0 Å². The van der Waals surface area contributed by atoms with E-state index in [1.54, 1.807) is 42.6 Å². The van der Waals surface area contributed by atoms with Crippen LogP contribution in [0.4, 0.5) is 5.69 Å². The lowest BCUT2D eigenvalue weighted by Gasteiger charge is -2.37. The number of fused-ring (bicyclic) bond motifs is 7. The first-order valence-corrected chi connectivity index (χ1v) is 14.9. The number of nitrogens with zero attached hydrogens (tertiary/aromatic N) is 2. The lowest BCUT2D eigenvalue weighted by molar-refractivity contribution is 0.0664. The van der Waals surface area contributed by atoms with Crippen LogP contribution in [0.5, 0.6) is 5.75 Å². The maximum Gasteiger partial charge on any atom is 0.185 e. The second-order valence-corrected chi connectivity index (χ2v) is 11.5. The molecule has 0 bridgehead atoms. The largest absolute Gasteiger partial charge is 0.494 e. The van der Waals surface area contributed by atoms with E-state index in [-0.39, 0.29) is 17.3 Å². The van der Waals surface area contributed by atoms with Crippen LogP contribution in [0.2, 0.25) is 0 Å². The van der Waals surface area contributed by atoms with Crippen molar-refractivity contribution < 1.29 is 19.1 Å². The number of ether oxygens (including phenoxy) is 1. The molecule has 4 aromatic carbocycles. The highest BCUT2D eigenvalue weighted by Crippen LogP contribution is 2.62. The second-order valence-electron chi connectivity index (χ2n) is 11.5. The Morgan fingerprint density at radius 3 is 2.30 bits per heavy atom. The Hall–Kier alpha value is -5.36. The summed E-state index contributed by atoms with van der Waals surface area (Å²) in [6.07, 6.45) is 5.64. The van der Waals surface area contributed by atoms with Gasteiger partial charge in [0.1, 0.15) is 17.2 Å². The summed E-state index contributed by atoms with van der Waals surface area (Å²) in [7, 11) is 0. The molecular formula is C38H28N2O4. The zero-order valence-electron chi connectivity index (χ0n) is 24.0. The van der Waals surface area contributed by atoms with E-state index in [2.05, 4.69) is 0 Å². The molecular weight excluding hydrogens is 548 g/mol. The Morgan fingerprint density at radius 2 is 1.55 bits per heavy atom. The number of hydrogen-bond donors (Lipinski definition) is 0. The summed E-state index contributed by atoms with van der Waals surface area (Å²) >= 11 is 0. The van der Waals surface area contributed by atoms with Crippen molar-refractivity contribution in [3.63, 3.8) is 0 Å². The molecule has 2 aliphatic heterocycles. The van der Waals surface area contributed by atoms with Gasteiger partial charge in [0.25, 0.3) is 0 Å². The molecule has 6 heteroatoms. The van der Waals surface area contributed by atoms with Crippen molar-refractivity contribution in [3.05, 3.63) is 143 Å². The molecule has 0 radical (unpaired) electrons. The fourth-order valence-corrected chi connectivity index (χ4v) is 7.72. The molecule has 5 aromatic rings. The molecule has 1 aromatic heterocycles. The lowest BCUT2D eigenvalue weighted by Crippen LogP contribution is -2.48. The maximum absolute atomic E-state index is 15.0. The maximum atomic E-state index is 15.0. The number of hydrogen-bond acceptors (Lipinski definition) is 6. The van der Waals surface area contributed by atoms with Crippen molar-refractivity contribution in [2.75, 3.05) is 11.5 Å². The quantitative estimate of drug-likeness (QED) is 0.167. The Labute approximate surface area is 254 Å². The first-order chi connectivity index (χ1) is 21.6. The average Bonchev–Trinajstić information content (AvgIpc) is 3.50. The van der Waals surface area contributed by atoms with Gasteiger partial charge < -0.3 is 9.64 Å². The molecule has 3 atom stereocenters. The second kappa shape index (κ2) is 9.85. The standard InChI is InChI=1S/C38H28N2O4/c1-2-44-29-17-9-8-16-28(29)31-34(35(41)25-11-4-3-5-12-25)40-30(38(31)36(42)26-14-6-7-15-27(26)37(38)43)21-20-24-19-18-23-13-10-22-39-32(23)33(24)40/h3-22,30-31,34H,2H2,1H3. The van der Waals surface area contributed by atoms with Crippen LogP contribution >= 0.6 is 0 Å². The molecule has 6 nitrogen and oxygen atoms in total. The van der Waals surface area contributed by atoms with Crippen molar-refractivity contribution in [2.24, 2.45) is 5.41 Å². The Balaban J connectivity index is 1.50. The molecule has 3 unspecified atom stereocenters. The normalized spacial score (nSPS) is 20.9. The van der Waals surface area contributed by atoms with Gasteiger partial charge >= 0.3 is 0 Å². The summed E-state index contributed by atoms with van der Waals surface area (Å²) in [5.74, 6) is -1.01. The number of benzene rings is 4. The van der Waals surface area contributed by atoms with E-state index in [0.29, 0.717) is 34.6 Å². The number of anilines is 1. The summed E-state index contributed by atoms with van der Waals surface area (Å²) < 4.78 is 6.14. The number of pyridine rings is 1. The summed E-state index contributed by atoms with van der Waals surface area (Å²) in [6, 6.07) is 29.9. The third kappa shape index (κ3) is 3.42. The predicted molar refractivity (Wildman–Crippen MR) is 169 cm³/mol. The van der Waals surface area contributed by atoms with E-state index in [9.17, 15) is 14.4 Å². The summed E-state index contributed by atoms with van der Waals surface area (Å²) in [4.78, 5) is 51.7. The molecule has 1 spiro atoms. The number of para-hydroxylation sites is 1. The van der Waals surface area contributed by atoms with Crippen molar-refractivity contribution in [1.29, 1.82) is 0 Å². The SMILES string of the molecule is CCOc1ccccc1C1C(C(=O)c2ccccc2)N2c3c(ccc4cccnc34)C=CC2C12C(=O)c1ccccc1C2=O. The van der Waals surface area contributed by atoms with Gasteiger partial charge in [0, 0.05) is 39.8 Å². The van der Waals surface area contributed by atoms with Crippen LogP contribution in [0.1, 0.15) is 55.0 Å². The minimum Gasteiger partial charge on any atom is -0.494 e. The highest BCUT2D eigenvalue weighted by molar-refractivity contribution is 6.32. The van der Waals surface area contributed by atoms with Crippen molar-refractivity contribution >= 4 is 40.0 Å². The van der Waals surface area contributed by atoms with Crippen LogP contribution in [0.15, 0.2) is 115 Å². The van der Waals surface area contributed by atoms with E-state index >= 15 is 0 Å². The molecule has 0 N–H and O–H groups in total. The van der Waals surface area contributed by atoms with E-state index < -0.39 is 23.4 Å². The molecule has 3 aliphatic rings. The molecule has 0 saturated carbocycles. The fraction of sp³-hybridized carbons (Fsp3) is 0.158. The first kappa shape index (κ1) is 26.3. The third-order valence-corrected chi connectivity index (χ3v) is 9.42. The van der Waals surface area contributed by atoms with Gasteiger partial charge in [-0.2, -0.15) is 0 Å². The molecule has 214 valence electrons. The number of carbonyl (C=O) groups is 3. The number of rotatable bonds is 5. The van der Waals surface area contributed by atoms with Crippen LogP contribution in [0, 0.1) is 5.41 Å². The van der Waals surface area contributed by atoms with Crippen LogP contribution in [-0.4, -0.2) is 41.0 Å². The van der Waals surface area contributed by atoms with Gasteiger partial charge in [-0.15, -0.1) is 0 Å². The van der Waals surface area contributed by atoms with Gasteiger partial charge in [-0.1, -0.05) is 103 Å². The zero-order valence-corrected chi connectivity index (χ0v) is 24.0. The third-order valence-electron chi connectivity index (χ3n) is 9.42. The smallest absolute Gasteiger partial charge is 0.185 e. The lowest BCUT2D eigenvalue weighted by atomic mass is 9.64.